The lowest BCUT2D eigenvalue weighted by atomic mass is 9.76. The molecular weight excluding hydrogens is 404 g/mol. The molecule has 0 saturated carbocycles. The van der Waals surface area contributed by atoms with Crippen molar-refractivity contribution in [2.24, 2.45) is 5.92 Å². The van der Waals surface area contributed by atoms with Crippen LogP contribution in [0.25, 0.3) is 0 Å². The Labute approximate surface area is 190 Å². The summed E-state index contributed by atoms with van der Waals surface area (Å²) in [5.74, 6) is 1.04. The number of aromatic nitrogens is 3. The van der Waals surface area contributed by atoms with Gasteiger partial charge in [-0.15, -0.1) is 0 Å². The van der Waals surface area contributed by atoms with Gasteiger partial charge < -0.3 is 9.88 Å². The number of benzene rings is 1. The van der Waals surface area contributed by atoms with Crippen molar-refractivity contribution in [3.8, 4) is 0 Å². The van der Waals surface area contributed by atoms with Crippen molar-refractivity contribution in [1.82, 2.24) is 19.9 Å². The van der Waals surface area contributed by atoms with Crippen LogP contribution in [0.1, 0.15) is 59.7 Å². The molecule has 1 fully saturated rings. The summed E-state index contributed by atoms with van der Waals surface area (Å²) in [4.78, 5) is 14.9. The number of rotatable bonds is 6. The molecular formula is C26H31ClN4. The second kappa shape index (κ2) is 9.54. The number of aryl methyl sites for hydroxylation is 3. The van der Waals surface area contributed by atoms with Crippen LogP contribution in [-0.4, -0.2) is 39.5 Å². The number of unbranched alkanes of at least 4 members (excludes halogenated alkanes) is 1. The van der Waals surface area contributed by atoms with Crippen LogP contribution < -0.4 is 0 Å². The van der Waals surface area contributed by atoms with Crippen LogP contribution in [0, 0.1) is 5.92 Å². The van der Waals surface area contributed by atoms with Crippen LogP contribution in [-0.2, 0) is 19.3 Å². The molecule has 1 atom stereocenters. The maximum atomic E-state index is 6.36. The fourth-order valence-corrected chi connectivity index (χ4v) is 5.71. The second-order valence-corrected chi connectivity index (χ2v) is 9.52. The minimum absolute atomic E-state index is 0.397. The Morgan fingerprint density at radius 1 is 1.06 bits per heavy atom. The first-order valence-electron chi connectivity index (χ1n) is 11.7. The Morgan fingerprint density at radius 2 is 1.94 bits per heavy atom. The summed E-state index contributed by atoms with van der Waals surface area (Å²) >= 11 is 6.36. The molecule has 5 heteroatoms. The summed E-state index contributed by atoms with van der Waals surface area (Å²) in [6.07, 6.45) is 13.8. The smallest absolute Gasteiger partial charge is 0.0921 e. The van der Waals surface area contributed by atoms with Crippen LogP contribution in [0.3, 0.4) is 0 Å². The number of hydrogen-bond donors (Lipinski definition) is 1. The summed E-state index contributed by atoms with van der Waals surface area (Å²) in [5, 5.41) is 0.848. The molecule has 4 nitrogen and oxygen atoms in total. The van der Waals surface area contributed by atoms with E-state index in [0.29, 0.717) is 11.8 Å². The number of piperidine rings is 1. The predicted octanol–water partition coefficient (Wildman–Crippen LogP) is 5.42. The van der Waals surface area contributed by atoms with E-state index >= 15 is 0 Å². The number of nitrogens with zero attached hydrogens (tertiary/aromatic N) is 3. The number of imidazole rings is 1. The van der Waals surface area contributed by atoms with E-state index in [4.69, 9.17) is 16.6 Å². The Morgan fingerprint density at radius 3 is 2.77 bits per heavy atom. The first kappa shape index (κ1) is 20.7. The van der Waals surface area contributed by atoms with Crippen LogP contribution in [0.5, 0.6) is 0 Å². The van der Waals surface area contributed by atoms with E-state index in [-0.39, 0.29) is 0 Å². The van der Waals surface area contributed by atoms with E-state index < -0.39 is 0 Å². The Hall–Kier alpha value is -2.17. The molecule has 0 bridgehead atoms. The molecule has 0 radical (unpaired) electrons. The molecule has 0 amide bonds. The number of aromatic amines is 1. The molecule has 1 unspecified atom stereocenters. The van der Waals surface area contributed by atoms with Gasteiger partial charge in [-0.3, -0.25) is 4.98 Å². The molecule has 162 valence electrons. The molecule has 2 aliphatic rings. The van der Waals surface area contributed by atoms with Crippen molar-refractivity contribution in [3.63, 3.8) is 0 Å². The minimum Gasteiger partial charge on any atom is -0.348 e. The zero-order chi connectivity index (χ0) is 21.0. The predicted molar refractivity (Wildman–Crippen MR) is 126 cm³/mol. The fraction of sp³-hybridized carbons (Fsp3) is 0.462. The quantitative estimate of drug-likeness (QED) is 0.526. The third-order valence-electron chi connectivity index (χ3n) is 7.15. The van der Waals surface area contributed by atoms with Crippen LogP contribution >= 0.6 is 11.6 Å². The summed E-state index contributed by atoms with van der Waals surface area (Å²) < 4.78 is 0. The highest BCUT2D eigenvalue weighted by atomic mass is 35.5. The van der Waals surface area contributed by atoms with Crippen molar-refractivity contribution in [1.29, 1.82) is 0 Å². The maximum absolute atomic E-state index is 6.36. The van der Waals surface area contributed by atoms with Crippen molar-refractivity contribution >= 4 is 11.6 Å². The highest BCUT2D eigenvalue weighted by Gasteiger charge is 2.33. The minimum atomic E-state index is 0.397. The van der Waals surface area contributed by atoms with Crippen LogP contribution in [0.15, 0.2) is 49.1 Å². The van der Waals surface area contributed by atoms with E-state index in [1.165, 1.54) is 73.4 Å². The highest BCUT2D eigenvalue weighted by Crippen LogP contribution is 2.42. The highest BCUT2D eigenvalue weighted by molar-refractivity contribution is 6.30. The van der Waals surface area contributed by atoms with Crippen LogP contribution in [0.2, 0.25) is 5.02 Å². The van der Waals surface area contributed by atoms with Gasteiger partial charge in [-0.25, -0.2) is 4.98 Å². The lowest BCUT2D eigenvalue weighted by Gasteiger charge is -2.36. The first-order chi connectivity index (χ1) is 15.3. The summed E-state index contributed by atoms with van der Waals surface area (Å²) in [6.45, 7) is 3.58. The van der Waals surface area contributed by atoms with Gasteiger partial charge in [0.05, 0.1) is 12.0 Å². The largest absolute Gasteiger partial charge is 0.348 e. The number of H-pyrrole nitrogens is 1. The maximum Gasteiger partial charge on any atom is 0.0921 e. The standard InChI is InChI=1S/C26H31ClN4/c27-22-8-9-24-21(16-22)7-6-20-4-3-12-29-26(20)25(24)19-10-14-31(15-11-19)13-2-1-5-23-17-28-18-30-23/h3-4,8-9,12,16-19,25H,1-2,5-7,10-11,13-15H2,(H,28,30). The van der Waals surface area contributed by atoms with Gasteiger partial charge >= 0.3 is 0 Å². The summed E-state index contributed by atoms with van der Waals surface area (Å²) in [6, 6.07) is 10.9. The Balaban J connectivity index is 1.25. The Kier molecular flexibility index (Phi) is 6.37. The van der Waals surface area contributed by atoms with Crippen molar-refractivity contribution in [2.45, 2.75) is 50.9 Å². The number of fused-ring (bicyclic) bond motifs is 2. The molecule has 1 saturated heterocycles. The van der Waals surface area contributed by atoms with E-state index in [0.717, 1.165) is 24.3 Å². The molecule has 31 heavy (non-hydrogen) atoms. The number of likely N-dealkylation sites (tertiary alicyclic amines) is 1. The lowest BCUT2D eigenvalue weighted by Crippen LogP contribution is -2.36. The van der Waals surface area contributed by atoms with Gasteiger partial charge in [-0.2, -0.15) is 0 Å². The average Bonchev–Trinajstić information content (AvgIpc) is 3.26. The van der Waals surface area contributed by atoms with E-state index in [1.807, 2.05) is 12.4 Å². The summed E-state index contributed by atoms with van der Waals surface area (Å²) in [7, 11) is 0. The molecule has 5 rings (SSSR count). The number of halogens is 1. The number of pyridine rings is 1. The van der Waals surface area contributed by atoms with E-state index in [1.54, 1.807) is 6.33 Å². The third-order valence-corrected chi connectivity index (χ3v) is 7.39. The average molecular weight is 435 g/mol. The van der Waals surface area contributed by atoms with Gasteiger partial charge in [0.15, 0.2) is 0 Å². The Bertz CT molecular complexity index is 992. The topological polar surface area (TPSA) is 44.8 Å². The molecule has 1 aliphatic heterocycles. The van der Waals surface area contributed by atoms with E-state index in [2.05, 4.69) is 45.2 Å². The molecule has 3 heterocycles. The number of nitrogens with one attached hydrogen (secondary N) is 1. The molecule has 3 aromatic rings. The molecule has 1 N–H and O–H groups in total. The lowest BCUT2D eigenvalue weighted by molar-refractivity contribution is 0.172. The van der Waals surface area contributed by atoms with Gasteiger partial charge in [0.25, 0.3) is 0 Å². The second-order valence-electron chi connectivity index (χ2n) is 9.08. The molecule has 2 aromatic heterocycles. The SMILES string of the molecule is Clc1ccc2c(c1)CCc1cccnc1C2C1CCN(CCCCc2cnc[nH]2)CC1. The van der Waals surface area contributed by atoms with Gasteiger partial charge in [0.2, 0.25) is 0 Å². The van der Waals surface area contributed by atoms with Crippen molar-refractivity contribution in [2.75, 3.05) is 19.6 Å². The molecule has 0 spiro atoms. The van der Waals surface area contributed by atoms with Crippen LogP contribution in [0.4, 0.5) is 0 Å². The first-order valence-corrected chi connectivity index (χ1v) is 12.1. The molecule has 1 aromatic carbocycles. The van der Waals surface area contributed by atoms with Crippen molar-refractivity contribution in [3.05, 3.63) is 82.2 Å². The zero-order valence-electron chi connectivity index (χ0n) is 18.1. The number of hydrogen-bond acceptors (Lipinski definition) is 3. The van der Waals surface area contributed by atoms with Gasteiger partial charge in [-0.1, -0.05) is 23.7 Å². The normalized spacial score (nSPS) is 19.6. The van der Waals surface area contributed by atoms with Crippen molar-refractivity contribution < 1.29 is 0 Å². The van der Waals surface area contributed by atoms with Gasteiger partial charge in [-0.05, 0) is 105 Å². The monoisotopic (exact) mass is 434 g/mol. The fourth-order valence-electron chi connectivity index (χ4n) is 5.51. The summed E-state index contributed by atoms with van der Waals surface area (Å²) in [5.41, 5.74) is 6.84. The third kappa shape index (κ3) is 4.70. The van der Waals surface area contributed by atoms with Gasteiger partial charge in [0, 0.05) is 29.0 Å². The van der Waals surface area contributed by atoms with E-state index in [9.17, 15) is 0 Å². The molecule has 1 aliphatic carbocycles. The zero-order valence-corrected chi connectivity index (χ0v) is 18.8. The van der Waals surface area contributed by atoms with Gasteiger partial charge in [0.1, 0.15) is 0 Å².